The molecule has 4 heteroatoms. The van der Waals surface area contributed by atoms with E-state index in [0.29, 0.717) is 5.56 Å². The van der Waals surface area contributed by atoms with Crippen LogP contribution in [0.1, 0.15) is 19.4 Å². The number of esters is 2. The summed E-state index contributed by atoms with van der Waals surface area (Å²) in [6.45, 7) is 10.0. The number of benzene rings is 1. The smallest absolute Gasteiger partial charge is 0.338 e. The second kappa shape index (κ2) is 7.09. The van der Waals surface area contributed by atoms with Crippen molar-refractivity contribution in [1.29, 1.82) is 0 Å². The maximum atomic E-state index is 11.6. The minimum absolute atomic E-state index is 0.133. The van der Waals surface area contributed by atoms with Gasteiger partial charge < -0.3 is 9.47 Å². The zero-order chi connectivity index (χ0) is 15.1. The first-order chi connectivity index (χ1) is 9.41. The fraction of sp³-hybridized carbons (Fsp3) is 0.125. The minimum atomic E-state index is -0.593. The highest BCUT2D eigenvalue weighted by Gasteiger charge is 2.12. The van der Waals surface area contributed by atoms with Crippen molar-refractivity contribution in [3.63, 3.8) is 0 Å². The lowest BCUT2D eigenvalue weighted by Crippen LogP contribution is -2.06. The summed E-state index contributed by atoms with van der Waals surface area (Å²) in [6, 6.07) is 8.83. The molecule has 0 unspecified atom stereocenters. The molecule has 0 atom stereocenters. The summed E-state index contributed by atoms with van der Waals surface area (Å²) >= 11 is 0. The Bertz CT molecular complexity index is 567. The number of ether oxygens (including phenoxy) is 2. The van der Waals surface area contributed by atoms with Gasteiger partial charge in [-0.05, 0) is 13.8 Å². The van der Waals surface area contributed by atoms with Crippen LogP contribution < -0.4 is 0 Å². The van der Waals surface area contributed by atoms with E-state index in [1.807, 2.05) is 6.07 Å². The molecule has 20 heavy (non-hydrogen) atoms. The molecule has 4 nitrogen and oxygen atoms in total. The van der Waals surface area contributed by atoms with Crippen LogP contribution in [0.4, 0.5) is 0 Å². The zero-order valence-corrected chi connectivity index (χ0v) is 11.5. The maximum Gasteiger partial charge on any atom is 0.338 e. The largest absolute Gasteiger partial charge is 0.427 e. The van der Waals surface area contributed by atoms with E-state index in [-0.39, 0.29) is 16.9 Å². The van der Waals surface area contributed by atoms with Crippen LogP contribution in [-0.2, 0) is 19.1 Å². The van der Waals surface area contributed by atoms with Crippen molar-refractivity contribution >= 4 is 17.7 Å². The molecule has 0 saturated carbocycles. The molecular weight excluding hydrogens is 256 g/mol. The maximum absolute atomic E-state index is 11.6. The van der Waals surface area contributed by atoms with E-state index in [0.717, 1.165) is 6.26 Å². The van der Waals surface area contributed by atoms with Crippen molar-refractivity contribution in [1.82, 2.24) is 0 Å². The van der Waals surface area contributed by atoms with Crippen LogP contribution in [0.25, 0.3) is 5.76 Å². The third kappa shape index (κ3) is 4.57. The Labute approximate surface area is 118 Å². The van der Waals surface area contributed by atoms with Crippen LogP contribution in [0.3, 0.4) is 0 Å². The summed E-state index contributed by atoms with van der Waals surface area (Å²) < 4.78 is 10.0. The summed E-state index contributed by atoms with van der Waals surface area (Å²) in [7, 11) is 0. The third-order valence-electron chi connectivity index (χ3n) is 2.23. The second-order valence-corrected chi connectivity index (χ2v) is 4.20. The van der Waals surface area contributed by atoms with Gasteiger partial charge in [-0.1, -0.05) is 43.5 Å². The van der Waals surface area contributed by atoms with Crippen molar-refractivity contribution < 1.29 is 19.1 Å². The van der Waals surface area contributed by atoms with Gasteiger partial charge in [0.15, 0.2) is 5.76 Å². The molecule has 0 N–H and O–H groups in total. The standard InChI is InChI=1S/C16H16O4/c1-11(2)15(17)19-10-14(20-16(18)12(3)4)13-8-6-5-7-9-13/h5-10H,1,3H2,2,4H3/b14-10+. The molecule has 0 saturated heterocycles. The first kappa shape index (κ1) is 15.4. The van der Waals surface area contributed by atoms with E-state index in [1.165, 1.54) is 13.8 Å². The SMILES string of the molecule is C=C(C)C(=O)O/C=C(/OC(=O)C(=C)C)c1ccccc1. The van der Waals surface area contributed by atoms with Crippen LogP contribution in [0.15, 0.2) is 60.9 Å². The Morgan fingerprint density at radius 3 is 2.05 bits per heavy atom. The van der Waals surface area contributed by atoms with Gasteiger partial charge in [-0.25, -0.2) is 9.59 Å². The van der Waals surface area contributed by atoms with Crippen molar-refractivity contribution in [2.75, 3.05) is 0 Å². The van der Waals surface area contributed by atoms with Gasteiger partial charge in [0.25, 0.3) is 0 Å². The van der Waals surface area contributed by atoms with Gasteiger partial charge in [0.05, 0.1) is 0 Å². The molecule has 1 rings (SSSR count). The first-order valence-corrected chi connectivity index (χ1v) is 5.91. The van der Waals surface area contributed by atoms with Gasteiger partial charge >= 0.3 is 11.9 Å². The van der Waals surface area contributed by atoms with Crippen LogP contribution >= 0.6 is 0 Å². The van der Waals surface area contributed by atoms with Gasteiger partial charge in [0.2, 0.25) is 0 Å². The van der Waals surface area contributed by atoms with E-state index in [2.05, 4.69) is 13.2 Å². The highest BCUT2D eigenvalue weighted by molar-refractivity contribution is 5.91. The summed E-state index contributed by atoms with van der Waals surface area (Å²) in [5.74, 6) is -1.05. The third-order valence-corrected chi connectivity index (χ3v) is 2.23. The summed E-state index contributed by atoms with van der Waals surface area (Å²) in [5.41, 5.74) is 1.11. The highest BCUT2D eigenvalue weighted by atomic mass is 16.6. The zero-order valence-electron chi connectivity index (χ0n) is 11.5. The predicted molar refractivity (Wildman–Crippen MR) is 76.2 cm³/mol. The average molecular weight is 272 g/mol. The van der Waals surface area contributed by atoms with Gasteiger partial charge in [-0.3, -0.25) is 0 Å². The highest BCUT2D eigenvalue weighted by Crippen LogP contribution is 2.17. The molecule has 1 aromatic rings. The second-order valence-electron chi connectivity index (χ2n) is 4.20. The summed E-state index contributed by atoms with van der Waals surface area (Å²) in [4.78, 5) is 23.0. The molecule has 0 bridgehead atoms. The Balaban J connectivity index is 2.99. The van der Waals surface area contributed by atoms with Crippen molar-refractivity contribution in [2.45, 2.75) is 13.8 Å². The molecule has 0 heterocycles. The summed E-state index contributed by atoms with van der Waals surface area (Å²) in [5, 5.41) is 0. The van der Waals surface area contributed by atoms with Gasteiger partial charge in [-0.2, -0.15) is 0 Å². The fourth-order valence-electron chi connectivity index (χ4n) is 1.15. The van der Waals surface area contributed by atoms with Crippen LogP contribution in [0.5, 0.6) is 0 Å². The van der Waals surface area contributed by atoms with E-state index < -0.39 is 11.9 Å². The van der Waals surface area contributed by atoms with Crippen LogP contribution in [0, 0.1) is 0 Å². The normalized spacial score (nSPS) is 10.6. The van der Waals surface area contributed by atoms with E-state index in [4.69, 9.17) is 9.47 Å². The van der Waals surface area contributed by atoms with Gasteiger partial charge in [0, 0.05) is 16.7 Å². The Morgan fingerprint density at radius 2 is 1.55 bits per heavy atom. The van der Waals surface area contributed by atoms with Gasteiger partial charge in [0.1, 0.15) is 6.26 Å². The Kier molecular flexibility index (Phi) is 5.47. The predicted octanol–water partition coefficient (Wildman–Crippen LogP) is 3.22. The molecule has 104 valence electrons. The van der Waals surface area contributed by atoms with Crippen molar-refractivity contribution in [3.8, 4) is 0 Å². The molecule has 0 aliphatic heterocycles. The monoisotopic (exact) mass is 272 g/mol. The quantitative estimate of drug-likeness (QED) is 0.469. The average Bonchev–Trinajstić information content (AvgIpc) is 2.43. The van der Waals surface area contributed by atoms with Crippen molar-refractivity contribution in [2.24, 2.45) is 0 Å². The lowest BCUT2D eigenvalue weighted by atomic mass is 10.2. The van der Waals surface area contributed by atoms with Gasteiger partial charge in [-0.15, -0.1) is 0 Å². The van der Waals surface area contributed by atoms with E-state index in [1.54, 1.807) is 24.3 Å². The summed E-state index contributed by atoms with van der Waals surface area (Å²) in [6.07, 6.45) is 1.09. The molecule has 1 aromatic carbocycles. The van der Waals surface area contributed by atoms with Crippen LogP contribution in [-0.4, -0.2) is 11.9 Å². The lowest BCUT2D eigenvalue weighted by molar-refractivity contribution is -0.135. The van der Waals surface area contributed by atoms with E-state index in [9.17, 15) is 9.59 Å². The number of hydrogen-bond acceptors (Lipinski definition) is 4. The first-order valence-electron chi connectivity index (χ1n) is 5.91. The lowest BCUT2D eigenvalue weighted by Gasteiger charge is -2.09. The molecule has 0 amide bonds. The topological polar surface area (TPSA) is 52.6 Å². The molecule has 0 radical (unpaired) electrons. The van der Waals surface area contributed by atoms with E-state index >= 15 is 0 Å². The molecular formula is C16H16O4. The number of hydrogen-bond donors (Lipinski definition) is 0. The molecule has 0 spiro atoms. The Hall–Kier alpha value is -2.62. The molecule has 0 aliphatic rings. The molecule has 0 fully saturated rings. The Morgan fingerprint density at radius 1 is 1.00 bits per heavy atom. The molecule has 0 aliphatic carbocycles. The number of carbonyl (C=O) groups excluding carboxylic acids is 2. The van der Waals surface area contributed by atoms with Crippen molar-refractivity contribution in [3.05, 3.63) is 66.5 Å². The molecule has 0 aromatic heterocycles. The fourth-order valence-corrected chi connectivity index (χ4v) is 1.15. The number of rotatable bonds is 5. The number of carbonyl (C=O) groups is 2. The van der Waals surface area contributed by atoms with Crippen LogP contribution in [0.2, 0.25) is 0 Å². The minimum Gasteiger partial charge on any atom is -0.427 e.